The Morgan fingerprint density at radius 2 is 1.71 bits per heavy atom. The van der Waals surface area contributed by atoms with Crippen molar-refractivity contribution in [2.45, 2.75) is 6.61 Å². The molecule has 0 bridgehead atoms. The summed E-state index contributed by atoms with van der Waals surface area (Å²) in [6.45, 7) is -5.28. The Labute approximate surface area is 167 Å². The van der Waals surface area contributed by atoms with E-state index in [1.54, 1.807) is 6.07 Å². The molecule has 0 aliphatic heterocycles. The van der Waals surface area contributed by atoms with Gasteiger partial charge in [0.2, 0.25) is 0 Å². The van der Waals surface area contributed by atoms with Crippen LogP contribution in [0, 0.1) is 5.82 Å². The monoisotopic (exact) mass is 342 g/mol. The molecule has 0 fully saturated rings. The van der Waals surface area contributed by atoms with Crippen LogP contribution in [-0.4, -0.2) is 6.98 Å². The fourth-order valence-corrected chi connectivity index (χ4v) is 1.82. The molecule has 8 heteroatoms. The molecule has 0 saturated carbocycles. The van der Waals surface area contributed by atoms with Crippen LogP contribution in [0.15, 0.2) is 42.5 Å². The molecule has 21 heavy (non-hydrogen) atoms. The summed E-state index contributed by atoms with van der Waals surface area (Å²) >= 11 is 5.60. The van der Waals surface area contributed by atoms with Crippen molar-refractivity contribution in [1.29, 1.82) is 0 Å². The first kappa shape index (κ1) is 19.0. The summed E-state index contributed by atoms with van der Waals surface area (Å²) in [6.07, 6.45) is 0. The standard InChI is InChI=1S/C13H9BClF4O.K/c15-12-6-1-3-9(13(12)16)8-20-11-5-2-4-10(7-11)14(17,18)19;/h1-7H,8H2;/q-1;+1. The van der Waals surface area contributed by atoms with Gasteiger partial charge in [-0.3, -0.25) is 0 Å². The first-order valence-corrected chi connectivity index (χ1v) is 6.11. The average Bonchev–Trinajstić information content (AvgIpc) is 2.40. The van der Waals surface area contributed by atoms with Crippen molar-refractivity contribution in [3.05, 3.63) is 58.9 Å². The Balaban J connectivity index is 0.00000220. The average molecular weight is 343 g/mol. The second kappa shape index (κ2) is 7.99. The normalized spacial score (nSPS) is 10.9. The van der Waals surface area contributed by atoms with Crippen LogP contribution >= 0.6 is 11.6 Å². The summed E-state index contributed by atoms with van der Waals surface area (Å²) in [5, 5.41) is -0.0570. The van der Waals surface area contributed by atoms with Crippen molar-refractivity contribution in [2.24, 2.45) is 0 Å². The van der Waals surface area contributed by atoms with Crippen LogP contribution in [0.3, 0.4) is 0 Å². The van der Waals surface area contributed by atoms with E-state index in [2.05, 4.69) is 0 Å². The van der Waals surface area contributed by atoms with Gasteiger partial charge in [0.1, 0.15) is 18.2 Å². The van der Waals surface area contributed by atoms with E-state index in [1.165, 1.54) is 24.3 Å². The van der Waals surface area contributed by atoms with E-state index >= 15 is 0 Å². The quantitative estimate of drug-likeness (QED) is 0.598. The van der Waals surface area contributed by atoms with E-state index in [4.69, 9.17) is 16.3 Å². The van der Waals surface area contributed by atoms with Gasteiger partial charge in [0, 0.05) is 5.56 Å². The predicted octanol–water partition coefficient (Wildman–Crippen LogP) is 1.12. The van der Waals surface area contributed by atoms with Gasteiger partial charge < -0.3 is 17.7 Å². The predicted molar refractivity (Wildman–Crippen MR) is 70.9 cm³/mol. The third kappa shape index (κ3) is 5.26. The molecular weight excluding hydrogens is 333 g/mol. The molecule has 2 aromatic carbocycles. The summed E-state index contributed by atoms with van der Waals surface area (Å²) in [5.74, 6) is -0.605. The van der Waals surface area contributed by atoms with Crippen molar-refractivity contribution in [1.82, 2.24) is 0 Å². The maximum atomic E-state index is 13.6. The smallest absolute Gasteiger partial charge is 0.489 e. The number of ether oxygens (including phenoxy) is 1. The molecule has 106 valence electrons. The van der Waals surface area contributed by atoms with Gasteiger partial charge in [0.15, 0.2) is 0 Å². The molecule has 0 unspecified atom stereocenters. The molecule has 0 amide bonds. The molecule has 2 aromatic rings. The Kier molecular flexibility index (Phi) is 7.23. The zero-order chi connectivity index (χ0) is 14.8. The van der Waals surface area contributed by atoms with Crippen molar-refractivity contribution in [3.63, 3.8) is 0 Å². The largest absolute Gasteiger partial charge is 1.00 e. The number of halogens is 5. The first-order chi connectivity index (χ1) is 9.38. The summed E-state index contributed by atoms with van der Waals surface area (Å²) in [5.41, 5.74) is -0.575. The zero-order valence-electron chi connectivity index (χ0n) is 11.1. The fourth-order valence-electron chi connectivity index (χ4n) is 1.63. The van der Waals surface area contributed by atoms with Crippen LogP contribution in [0.4, 0.5) is 17.3 Å². The Hall–Kier alpha value is -0.0487. The second-order valence-electron chi connectivity index (χ2n) is 4.15. The summed E-state index contributed by atoms with van der Waals surface area (Å²) in [4.78, 5) is 0. The van der Waals surface area contributed by atoms with E-state index in [0.717, 1.165) is 12.1 Å². The molecule has 0 aliphatic carbocycles. The summed E-state index contributed by atoms with van der Waals surface area (Å²) in [7, 11) is 0. The number of hydrogen-bond donors (Lipinski definition) is 0. The third-order valence-electron chi connectivity index (χ3n) is 2.66. The van der Waals surface area contributed by atoms with Gasteiger partial charge in [-0.2, -0.15) is 0 Å². The van der Waals surface area contributed by atoms with Gasteiger partial charge in [-0.25, -0.2) is 4.39 Å². The molecular formula is C13H9BClF4KO. The molecule has 1 nitrogen and oxygen atoms in total. The van der Waals surface area contributed by atoms with Gasteiger partial charge in [0.05, 0.1) is 5.02 Å². The molecule has 0 spiro atoms. The van der Waals surface area contributed by atoms with Crippen molar-refractivity contribution >= 4 is 24.0 Å². The maximum Gasteiger partial charge on any atom is 1.00 e. The van der Waals surface area contributed by atoms with Gasteiger partial charge in [-0.05, 0) is 18.2 Å². The zero-order valence-corrected chi connectivity index (χ0v) is 15.0. The first-order valence-electron chi connectivity index (χ1n) is 5.73. The summed E-state index contributed by atoms with van der Waals surface area (Å²) < 4.78 is 56.5. The van der Waals surface area contributed by atoms with Crippen molar-refractivity contribution in [2.75, 3.05) is 0 Å². The number of rotatable bonds is 4. The topological polar surface area (TPSA) is 9.23 Å². The van der Waals surface area contributed by atoms with Gasteiger partial charge in [0.25, 0.3) is 0 Å². The van der Waals surface area contributed by atoms with E-state index in [-0.39, 0.29) is 74.3 Å². The van der Waals surface area contributed by atoms with Crippen LogP contribution in [0.1, 0.15) is 5.56 Å². The second-order valence-corrected chi connectivity index (χ2v) is 4.56. The summed E-state index contributed by atoms with van der Waals surface area (Å²) in [6, 6.07) is 8.86. The van der Waals surface area contributed by atoms with Gasteiger partial charge in [-0.1, -0.05) is 35.9 Å². The SMILES string of the molecule is Fc1c(Cl)cccc1COc1cccc([B-](F)(F)F)c1.[K+]. The van der Waals surface area contributed by atoms with Crippen molar-refractivity contribution < 1.29 is 73.5 Å². The molecule has 0 aliphatic rings. The Bertz CT molecular complexity index is 621. The minimum atomic E-state index is -5.08. The fraction of sp³-hybridized carbons (Fsp3) is 0.0769. The van der Waals surface area contributed by atoms with E-state index in [1.807, 2.05) is 0 Å². The van der Waals surface area contributed by atoms with E-state index in [0.29, 0.717) is 0 Å². The molecule has 2 rings (SSSR count). The Morgan fingerprint density at radius 3 is 2.38 bits per heavy atom. The maximum absolute atomic E-state index is 13.6. The number of hydrogen-bond acceptors (Lipinski definition) is 1. The molecule has 0 atom stereocenters. The molecule has 0 aromatic heterocycles. The third-order valence-corrected chi connectivity index (χ3v) is 2.95. The van der Waals surface area contributed by atoms with Gasteiger partial charge in [-0.15, -0.1) is 5.46 Å². The van der Waals surface area contributed by atoms with Crippen LogP contribution in [0.5, 0.6) is 5.75 Å². The molecule has 0 N–H and O–H groups in total. The van der Waals surface area contributed by atoms with E-state index < -0.39 is 18.3 Å². The van der Waals surface area contributed by atoms with E-state index in [9.17, 15) is 17.3 Å². The van der Waals surface area contributed by atoms with Crippen LogP contribution in [0.25, 0.3) is 0 Å². The number of benzene rings is 2. The molecule has 0 saturated heterocycles. The van der Waals surface area contributed by atoms with Crippen molar-refractivity contribution in [3.8, 4) is 5.75 Å². The van der Waals surface area contributed by atoms with Crippen LogP contribution < -0.4 is 61.6 Å². The molecule has 0 radical (unpaired) electrons. The van der Waals surface area contributed by atoms with Crippen LogP contribution in [0.2, 0.25) is 5.02 Å². The minimum absolute atomic E-state index is 0. The van der Waals surface area contributed by atoms with Gasteiger partial charge >= 0.3 is 58.4 Å². The van der Waals surface area contributed by atoms with Crippen LogP contribution in [-0.2, 0) is 6.61 Å². The Morgan fingerprint density at radius 1 is 1.05 bits per heavy atom. The molecule has 0 heterocycles. The minimum Gasteiger partial charge on any atom is -0.489 e.